The zero-order valence-electron chi connectivity index (χ0n) is 13.1. The molecule has 1 saturated heterocycles. The van der Waals surface area contributed by atoms with Gasteiger partial charge in [-0.15, -0.1) is 0 Å². The monoisotopic (exact) mass is 318 g/mol. The molecule has 0 unspecified atom stereocenters. The SMILES string of the molecule is O=C(O)[C@H]1CCCN(C(=O)c2ccc(OC3CCCC3)nc2)C1. The summed E-state index contributed by atoms with van der Waals surface area (Å²) in [6.45, 7) is 0.872. The van der Waals surface area contributed by atoms with Gasteiger partial charge in [0.2, 0.25) is 5.88 Å². The average molecular weight is 318 g/mol. The van der Waals surface area contributed by atoms with Gasteiger partial charge in [0.15, 0.2) is 0 Å². The van der Waals surface area contributed by atoms with Gasteiger partial charge in [0.1, 0.15) is 6.10 Å². The van der Waals surface area contributed by atoms with Crippen LogP contribution in [0.1, 0.15) is 48.9 Å². The van der Waals surface area contributed by atoms with E-state index in [1.165, 1.54) is 19.0 Å². The molecule has 0 radical (unpaired) electrons. The van der Waals surface area contributed by atoms with Crippen molar-refractivity contribution in [3.63, 3.8) is 0 Å². The second kappa shape index (κ2) is 6.98. The van der Waals surface area contributed by atoms with Crippen molar-refractivity contribution in [3.05, 3.63) is 23.9 Å². The molecule has 6 nitrogen and oxygen atoms in total. The van der Waals surface area contributed by atoms with Crippen LogP contribution in [0, 0.1) is 5.92 Å². The van der Waals surface area contributed by atoms with E-state index in [1.54, 1.807) is 17.0 Å². The van der Waals surface area contributed by atoms with Gasteiger partial charge in [-0.3, -0.25) is 9.59 Å². The standard InChI is InChI=1S/C17H22N2O4/c20-16(19-9-3-4-13(11-19)17(21)22)12-7-8-15(18-10-12)23-14-5-1-2-6-14/h7-8,10,13-14H,1-6,9,11H2,(H,21,22)/t13-/m0/s1. The van der Waals surface area contributed by atoms with Crippen LogP contribution < -0.4 is 4.74 Å². The predicted molar refractivity (Wildman–Crippen MR) is 83.4 cm³/mol. The van der Waals surface area contributed by atoms with Gasteiger partial charge in [-0.2, -0.15) is 0 Å². The summed E-state index contributed by atoms with van der Waals surface area (Å²) in [4.78, 5) is 29.4. The van der Waals surface area contributed by atoms with E-state index >= 15 is 0 Å². The number of piperidine rings is 1. The molecule has 0 aromatic carbocycles. The maximum atomic E-state index is 12.5. The molecule has 1 saturated carbocycles. The predicted octanol–water partition coefficient (Wildman–Crippen LogP) is 2.34. The largest absolute Gasteiger partial charge is 0.481 e. The number of amides is 1. The Labute approximate surface area is 135 Å². The van der Waals surface area contributed by atoms with Crippen molar-refractivity contribution >= 4 is 11.9 Å². The van der Waals surface area contributed by atoms with Crippen LogP contribution in [0.15, 0.2) is 18.3 Å². The fourth-order valence-corrected chi connectivity index (χ4v) is 3.30. The minimum absolute atomic E-state index is 0.157. The second-order valence-corrected chi connectivity index (χ2v) is 6.34. The summed E-state index contributed by atoms with van der Waals surface area (Å²) in [5, 5.41) is 9.11. The molecule has 2 aliphatic rings. The van der Waals surface area contributed by atoms with E-state index in [0.717, 1.165) is 19.3 Å². The van der Waals surface area contributed by atoms with Gasteiger partial charge in [-0.05, 0) is 44.6 Å². The topological polar surface area (TPSA) is 79.7 Å². The molecule has 0 spiro atoms. The first-order chi connectivity index (χ1) is 11.1. The summed E-state index contributed by atoms with van der Waals surface area (Å²) in [5.41, 5.74) is 0.481. The molecular weight excluding hydrogens is 296 g/mol. The molecule has 124 valence electrons. The molecule has 1 aliphatic carbocycles. The van der Waals surface area contributed by atoms with E-state index in [4.69, 9.17) is 9.84 Å². The number of nitrogens with zero attached hydrogens (tertiary/aromatic N) is 2. The third-order valence-electron chi connectivity index (χ3n) is 4.63. The molecule has 1 aliphatic heterocycles. The fraction of sp³-hybridized carbons (Fsp3) is 0.588. The Hall–Kier alpha value is -2.11. The molecule has 2 heterocycles. The fourth-order valence-electron chi connectivity index (χ4n) is 3.30. The molecule has 0 bridgehead atoms. The van der Waals surface area contributed by atoms with Crippen molar-refractivity contribution in [2.45, 2.75) is 44.6 Å². The van der Waals surface area contributed by atoms with Crippen LogP contribution in [-0.4, -0.2) is 46.1 Å². The van der Waals surface area contributed by atoms with E-state index < -0.39 is 11.9 Å². The first kappa shape index (κ1) is 15.8. The number of carbonyl (C=O) groups is 2. The lowest BCUT2D eigenvalue weighted by Gasteiger charge is -2.30. The highest BCUT2D eigenvalue weighted by atomic mass is 16.5. The molecule has 1 N–H and O–H groups in total. The number of aromatic nitrogens is 1. The number of ether oxygens (including phenoxy) is 1. The highest BCUT2D eigenvalue weighted by Crippen LogP contribution is 2.23. The van der Waals surface area contributed by atoms with E-state index in [9.17, 15) is 9.59 Å². The van der Waals surface area contributed by atoms with Crippen LogP contribution >= 0.6 is 0 Å². The van der Waals surface area contributed by atoms with Crippen molar-refractivity contribution in [2.75, 3.05) is 13.1 Å². The molecular formula is C17H22N2O4. The van der Waals surface area contributed by atoms with E-state index in [-0.39, 0.29) is 18.6 Å². The van der Waals surface area contributed by atoms with Crippen molar-refractivity contribution in [3.8, 4) is 5.88 Å². The molecule has 1 amide bonds. The highest BCUT2D eigenvalue weighted by Gasteiger charge is 2.28. The summed E-state index contributed by atoms with van der Waals surface area (Å²) < 4.78 is 5.79. The lowest BCUT2D eigenvalue weighted by molar-refractivity contribution is -0.143. The molecule has 1 aromatic rings. The van der Waals surface area contributed by atoms with Crippen molar-refractivity contribution in [1.29, 1.82) is 0 Å². The maximum absolute atomic E-state index is 12.5. The van der Waals surface area contributed by atoms with Gasteiger partial charge >= 0.3 is 5.97 Å². The van der Waals surface area contributed by atoms with Gasteiger partial charge in [0.25, 0.3) is 5.91 Å². The number of carboxylic acids is 1. The lowest BCUT2D eigenvalue weighted by atomic mass is 9.98. The summed E-state index contributed by atoms with van der Waals surface area (Å²) in [7, 11) is 0. The van der Waals surface area contributed by atoms with Crippen LogP contribution in [0.5, 0.6) is 5.88 Å². The normalized spacial score (nSPS) is 22.1. The Morgan fingerprint density at radius 3 is 2.61 bits per heavy atom. The van der Waals surface area contributed by atoms with Gasteiger partial charge in [0, 0.05) is 25.4 Å². The molecule has 3 rings (SSSR count). The van der Waals surface area contributed by atoms with Crippen LogP contribution in [0.4, 0.5) is 0 Å². The zero-order chi connectivity index (χ0) is 16.2. The van der Waals surface area contributed by atoms with E-state index in [2.05, 4.69) is 4.98 Å². The second-order valence-electron chi connectivity index (χ2n) is 6.34. The number of hydrogen-bond donors (Lipinski definition) is 1. The third-order valence-corrected chi connectivity index (χ3v) is 4.63. The van der Waals surface area contributed by atoms with Crippen LogP contribution in [0.3, 0.4) is 0 Å². The summed E-state index contributed by atoms with van der Waals surface area (Å²) in [5.74, 6) is -0.905. The van der Waals surface area contributed by atoms with Crippen molar-refractivity contribution < 1.29 is 19.4 Å². The molecule has 2 fully saturated rings. The summed E-state index contributed by atoms with van der Waals surface area (Å²) >= 11 is 0. The van der Waals surface area contributed by atoms with E-state index in [0.29, 0.717) is 24.4 Å². The van der Waals surface area contributed by atoms with Crippen LogP contribution in [-0.2, 0) is 4.79 Å². The van der Waals surface area contributed by atoms with Crippen LogP contribution in [0.2, 0.25) is 0 Å². The summed E-state index contributed by atoms with van der Waals surface area (Å²) in [6, 6.07) is 3.44. The van der Waals surface area contributed by atoms with Gasteiger partial charge in [-0.25, -0.2) is 4.98 Å². The van der Waals surface area contributed by atoms with Crippen molar-refractivity contribution in [2.24, 2.45) is 5.92 Å². The Morgan fingerprint density at radius 2 is 1.96 bits per heavy atom. The summed E-state index contributed by atoms with van der Waals surface area (Å²) in [6.07, 6.45) is 7.63. The number of pyridine rings is 1. The Bertz CT molecular complexity index is 566. The Morgan fingerprint density at radius 1 is 1.17 bits per heavy atom. The number of hydrogen-bond acceptors (Lipinski definition) is 4. The molecule has 6 heteroatoms. The smallest absolute Gasteiger partial charge is 0.308 e. The Balaban J connectivity index is 1.61. The first-order valence-electron chi connectivity index (χ1n) is 8.28. The maximum Gasteiger partial charge on any atom is 0.308 e. The number of likely N-dealkylation sites (tertiary alicyclic amines) is 1. The zero-order valence-corrected chi connectivity index (χ0v) is 13.1. The number of carboxylic acid groups (broad SMARTS) is 1. The third kappa shape index (κ3) is 3.81. The minimum atomic E-state index is -0.832. The molecule has 1 atom stereocenters. The Kier molecular flexibility index (Phi) is 4.79. The van der Waals surface area contributed by atoms with Crippen LogP contribution in [0.25, 0.3) is 0 Å². The van der Waals surface area contributed by atoms with Gasteiger partial charge in [-0.1, -0.05) is 0 Å². The lowest BCUT2D eigenvalue weighted by Crippen LogP contribution is -2.42. The number of carbonyl (C=O) groups excluding carboxylic acids is 1. The van der Waals surface area contributed by atoms with E-state index in [1.807, 2.05) is 0 Å². The molecule has 1 aromatic heterocycles. The van der Waals surface area contributed by atoms with Gasteiger partial charge in [0.05, 0.1) is 11.5 Å². The number of aliphatic carboxylic acids is 1. The average Bonchev–Trinajstić information content (AvgIpc) is 3.08. The highest BCUT2D eigenvalue weighted by molar-refractivity contribution is 5.94. The minimum Gasteiger partial charge on any atom is -0.481 e. The quantitative estimate of drug-likeness (QED) is 0.921. The van der Waals surface area contributed by atoms with Gasteiger partial charge < -0.3 is 14.7 Å². The number of rotatable bonds is 4. The molecule has 23 heavy (non-hydrogen) atoms. The van der Waals surface area contributed by atoms with Crippen molar-refractivity contribution in [1.82, 2.24) is 9.88 Å². The first-order valence-corrected chi connectivity index (χ1v) is 8.28.